The van der Waals surface area contributed by atoms with Crippen molar-refractivity contribution in [3.63, 3.8) is 0 Å². The van der Waals surface area contributed by atoms with E-state index in [0.29, 0.717) is 11.6 Å². The van der Waals surface area contributed by atoms with E-state index in [1.165, 1.54) is 22.7 Å². The summed E-state index contributed by atoms with van der Waals surface area (Å²) in [4.78, 5) is 30.7. The third-order valence-corrected chi connectivity index (χ3v) is 11.6. The lowest BCUT2D eigenvalue weighted by Gasteiger charge is -2.44. The van der Waals surface area contributed by atoms with Crippen LogP contribution in [-0.4, -0.2) is 53.4 Å². The van der Waals surface area contributed by atoms with Crippen molar-refractivity contribution in [1.29, 1.82) is 0 Å². The first-order valence-corrected chi connectivity index (χ1v) is 13.6. The van der Waals surface area contributed by atoms with E-state index in [-0.39, 0.29) is 34.7 Å². The van der Waals surface area contributed by atoms with Gasteiger partial charge in [-0.2, -0.15) is 0 Å². The number of ether oxygens (including phenoxy) is 2. The Morgan fingerprint density at radius 2 is 2.10 bits per heavy atom. The van der Waals surface area contributed by atoms with Gasteiger partial charge in [0, 0.05) is 12.8 Å². The third kappa shape index (κ3) is 4.21. The van der Waals surface area contributed by atoms with Crippen LogP contribution in [0.1, 0.15) is 26.5 Å². The first-order chi connectivity index (χ1) is 14.0. The van der Waals surface area contributed by atoms with Gasteiger partial charge >= 0.3 is 6.16 Å². The molecule has 1 saturated heterocycles. The normalized spacial score (nSPS) is 21.4. The van der Waals surface area contributed by atoms with Gasteiger partial charge in [0.15, 0.2) is 8.32 Å². The average molecular weight is 452 g/mol. The summed E-state index contributed by atoms with van der Waals surface area (Å²) in [5.74, 6) is -0.247. The van der Waals surface area contributed by atoms with Gasteiger partial charge in [0.25, 0.3) is 0 Å². The molecule has 0 saturated carbocycles. The molecule has 3 heterocycles. The molecule has 0 bridgehead atoms. The van der Waals surface area contributed by atoms with Gasteiger partial charge in [-0.25, -0.2) is 9.78 Å². The number of thioether (sulfide) groups is 1. The van der Waals surface area contributed by atoms with E-state index >= 15 is 0 Å². The molecule has 0 unspecified atom stereocenters. The Morgan fingerprint density at radius 3 is 2.67 bits per heavy atom. The number of carbonyl (C=O) groups is 2. The van der Waals surface area contributed by atoms with Crippen molar-refractivity contribution in [3.05, 3.63) is 36.8 Å². The largest absolute Gasteiger partial charge is 0.515 e. The Morgan fingerprint density at radius 1 is 1.40 bits per heavy atom. The van der Waals surface area contributed by atoms with Gasteiger partial charge in [-0.1, -0.05) is 45.2 Å². The number of aromatic nitrogens is 2. The van der Waals surface area contributed by atoms with Gasteiger partial charge in [0.2, 0.25) is 11.8 Å². The van der Waals surface area contributed by atoms with Gasteiger partial charge in [0.1, 0.15) is 23.3 Å². The number of hydrogen-bond acceptors (Lipinski definition) is 7. The highest BCUT2D eigenvalue weighted by molar-refractivity contribution is 8.08. The zero-order valence-electron chi connectivity index (χ0n) is 18.3. The molecule has 2 aliphatic heterocycles. The fraction of sp³-hybridized carbons (Fsp3) is 0.550. The van der Waals surface area contributed by atoms with Crippen LogP contribution in [-0.2, 0) is 18.7 Å². The first-order valence-electron chi connectivity index (χ1n) is 9.80. The Balaban J connectivity index is 1.78. The monoisotopic (exact) mass is 451 g/mol. The summed E-state index contributed by atoms with van der Waals surface area (Å²) in [6.45, 7) is 16.6. The average Bonchev–Trinajstić information content (AvgIpc) is 3.20. The quantitative estimate of drug-likeness (QED) is 0.266. The molecule has 10 heteroatoms. The number of amides is 1. The van der Waals surface area contributed by atoms with Crippen LogP contribution in [0.5, 0.6) is 0 Å². The predicted octanol–water partition coefficient (Wildman–Crippen LogP) is 4.17. The number of carbonyl (C=O) groups excluding carboxylic acids is 2. The van der Waals surface area contributed by atoms with Crippen LogP contribution in [0.2, 0.25) is 18.1 Å². The van der Waals surface area contributed by atoms with E-state index in [2.05, 4.69) is 45.4 Å². The highest BCUT2D eigenvalue weighted by Gasteiger charge is 2.57. The number of imidazole rings is 1. The minimum absolute atomic E-state index is 0.0269. The molecule has 1 aromatic heterocycles. The molecule has 8 nitrogen and oxygen atoms in total. The number of β-lactam (4-membered cyclic amide) rings is 1. The minimum Gasteiger partial charge on any atom is -0.430 e. The second kappa shape index (κ2) is 8.24. The van der Waals surface area contributed by atoms with Crippen molar-refractivity contribution in [3.8, 4) is 0 Å². The molecule has 1 amide bonds. The van der Waals surface area contributed by atoms with Crippen molar-refractivity contribution < 1.29 is 23.5 Å². The molecule has 1 aromatic rings. The molecule has 0 aliphatic carbocycles. The summed E-state index contributed by atoms with van der Waals surface area (Å²) in [6.07, 6.45) is 4.02. The van der Waals surface area contributed by atoms with Crippen molar-refractivity contribution in [2.45, 2.75) is 51.2 Å². The van der Waals surface area contributed by atoms with E-state index in [4.69, 9.17) is 13.9 Å². The molecule has 3 rings (SSSR count). The van der Waals surface area contributed by atoms with Crippen LogP contribution in [0, 0.1) is 12.8 Å². The van der Waals surface area contributed by atoms with Crippen LogP contribution >= 0.6 is 11.8 Å². The Hall–Kier alpha value is -2.04. The molecule has 2 atom stereocenters. The Labute approximate surface area is 182 Å². The van der Waals surface area contributed by atoms with Gasteiger partial charge in [0.05, 0.1) is 11.6 Å². The first kappa shape index (κ1) is 22.6. The summed E-state index contributed by atoms with van der Waals surface area (Å²) in [5.41, 5.74) is 0.815. The zero-order valence-corrected chi connectivity index (χ0v) is 20.1. The van der Waals surface area contributed by atoms with Crippen molar-refractivity contribution in [2.24, 2.45) is 5.92 Å². The molecule has 0 radical (unpaired) electrons. The SMILES string of the molecule is C=CCOC(=O)OC1=C(n2cnc(C)c2)S[C@@H]2[C@@H](CO[Si](C)(C)C(C)(C)C)C(=O)N12. The topological polar surface area (TPSA) is 82.9 Å². The molecule has 164 valence electrons. The highest BCUT2D eigenvalue weighted by Crippen LogP contribution is 2.52. The maximum absolute atomic E-state index is 12.9. The molecule has 0 aromatic carbocycles. The second-order valence-electron chi connectivity index (χ2n) is 8.88. The third-order valence-electron chi connectivity index (χ3n) is 5.66. The Kier molecular flexibility index (Phi) is 6.22. The molecule has 1 fully saturated rings. The lowest BCUT2D eigenvalue weighted by atomic mass is 10.00. The molecule has 0 spiro atoms. The smallest absolute Gasteiger partial charge is 0.430 e. The summed E-state index contributed by atoms with van der Waals surface area (Å²) in [7, 11) is -1.98. The fourth-order valence-electron chi connectivity index (χ4n) is 2.84. The summed E-state index contributed by atoms with van der Waals surface area (Å²) >= 11 is 1.46. The second-order valence-corrected chi connectivity index (χ2v) is 14.8. The van der Waals surface area contributed by atoms with E-state index < -0.39 is 14.5 Å². The van der Waals surface area contributed by atoms with Gasteiger partial charge in [-0.15, -0.1) is 0 Å². The maximum Gasteiger partial charge on any atom is 0.515 e. The minimum atomic E-state index is -1.98. The van der Waals surface area contributed by atoms with Crippen LogP contribution in [0.15, 0.2) is 31.1 Å². The van der Waals surface area contributed by atoms with Crippen LogP contribution in [0.4, 0.5) is 4.79 Å². The Bertz CT molecular complexity index is 889. The van der Waals surface area contributed by atoms with Crippen molar-refractivity contribution >= 4 is 37.2 Å². The van der Waals surface area contributed by atoms with Gasteiger partial charge < -0.3 is 13.9 Å². The highest BCUT2D eigenvalue weighted by atomic mass is 32.2. The van der Waals surface area contributed by atoms with E-state index in [0.717, 1.165) is 5.69 Å². The lowest BCUT2D eigenvalue weighted by molar-refractivity contribution is -0.151. The van der Waals surface area contributed by atoms with E-state index in [9.17, 15) is 9.59 Å². The molecule has 2 aliphatic rings. The van der Waals surface area contributed by atoms with E-state index in [1.54, 1.807) is 10.9 Å². The molecule has 30 heavy (non-hydrogen) atoms. The lowest BCUT2D eigenvalue weighted by Crippen LogP contribution is -2.59. The number of hydrogen-bond donors (Lipinski definition) is 0. The number of fused-ring (bicyclic) bond motifs is 1. The predicted molar refractivity (Wildman–Crippen MR) is 118 cm³/mol. The number of nitrogens with zero attached hydrogens (tertiary/aromatic N) is 3. The zero-order chi connectivity index (χ0) is 22.3. The van der Waals surface area contributed by atoms with Crippen LogP contribution in [0.25, 0.3) is 5.03 Å². The van der Waals surface area contributed by atoms with Gasteiger partial charge in [-0.3, -0.25) is 14.3 Å². The standard InChI is InChI=1S/C20H29N3O5SSi/c1-8-9-26-19(25)28-16-18(22-10-13(2)21-12-22)29-17-14(15(24)23(16)17)11-27-30(6,7)20(3,4)5/h8,10,12,14,17H,1,9,11H2,2-7H3/t14-,17+/m0/s1. The van der Waals surface area contributed by atoms with E-state index in [1.807, 2.05) is 13.1 Å². The fourth-order valence-corrected chi connectivity index (χ4v) is 5.23. The summed E-state index contributed by atoms with van der Waals surface area (Å²) in [6, 6.07) is 0. The van der Waals surface area contributed by atoms with Crippen molar-refractivity contribution in [1.82, 2.24) is 14.5 Å². The molecular weight excluding hydrogens is 422 g/mol. The maximum atomic E-state index is 12.9. The summed E-state index contributed by atoms with van der Waals surface area (Å²) in [5, 5.41) is 0.491. The number of rotatable bonds is 7. The molecule has 0 N–H and O–H groups in total. The van der Waals surface area contributed by atoms with Crippen LogP contribution in [0.3, 0.4) is 0 Å². The molecular formula is C20H29N3O5SSi. The number of aryl methyl sites for hydroxylation is 1. The summed E-state index contributed by atoms with van der Waals surface area (Å²) < 4.78 is 18.4. The van der Waals surface area contributed by atoms with Crippen LogP contribution < -0.4 is 0 Å². The van der Waals surface area contributed by atoms with Gasteiger partial charge in [-0.05, 0) is 25.1 Å². The van der Waals surface area contributed by atoms with Crippen molar-refractivity contribution in [2.75, 3.05) is 13.2 Å².